The van der Waals surface area contributed by atoms with E-state index in [1.807, 2.05) is 24.3 Å². The Morgan fingerprint density at radius 2 is 1.97 bits per heavy atom. The van der Waals surface area contributed by atoms with Crippen LogP contribution < -0.4 is 10.2 Å². The average Bonchev–Trinajstić information content (AvgIpc) is 3.14. The van der Waals surface area contributed by atoms with Crippen molar-refractivity contribution >= 4 is 67.5 Å². The Morgan fingerprint density at radius 3 is 2.58 bits per heavy atom. The van der Waals surface area contributed by atoms with Crippen LogP contribution in [0.2, 0.25) is 10.0 Å². The summed E-state index contributed by atoms with van der Waals surface area (Å²) in [6.45, 7) is 3.20. The van der Waals surface area contributed by atoms with Crippen LogP contribution in [0.5, 0.6) is 0 Å². The van der Waals surface area contributed by atoms with Crippen LogP contribution in [0.15, 0.2) is 28.7 Å². The number of aromatic nitrogens is 2. The molecule has 2 aliphatic rings. The third kappa shape index (κ3) is 4.16. The van der Waals surface area contributed by atoms with Crippen LogP contribution in [-0.4, -0.2) is 46.1 Å². The highest BCUT2D eigenvalue weighted by Gasteiger charge is 2.57. The Bertz CT molecular complexity index is 1260. The quantitative estimate of drug-likeness (QED) is 0.388. The fourth-order valence-corrected chi connectivity index (χ4v) is 6.21. The smallest absolute Gasteiger partial charge is 0.347 e. The maximum absolute atomic E-state index is 12.6. The first-order valence-electron chi connectivity index (χ1n) is 10.3. The minimum atomic E-state index is -0.966. The largest absolute Gasteiger partial charge is 0.477 e. The first-order chi connectivity index (χ1) is 15.7. The molecule has 1 unspecified atom stereocenters. The van der Waals surface area contributed by atoms with Gasteiger partial charge >= 0.3 is 5.97 Å². The molecule has 3 heterocycles. The van der Waals surface area contributed by atoms with Gasteiger partial charge in [-0.1, -0.05) is 68.7 Å². The monoisotopic (exact) mass is 568 g/mol. The molecule has 3 aromatic rings. The van der Waals surface area contributed by atoms with Crippen molar-refractivity contribution in [1.29, 1.82) is 0 Å². The number of nitrogens with one attached hydrogen (secondary N) is 2. The molecule has 3 atom stereocenters. The lowest BCUT2D eigenvalue weighted by Gasteiger charge is -2.19. The predicted molar refractivity (Wildman–Crippen MR) is 132 cm³/mol. The molecule has 5 rings (SSSR count). The van der Waals surface area contributed by atoms with Crippen LogP contribution >= 0.6 is 50.5 Å². The second-order valence-electron chi connectivity index (χ2n) is 8.33. The zero-order valence-corrected chi connectivity index (χ0v) is 21.3. The van der Waals surface area contributed by atoms with Crippen molar-refractivity contribution in [2.24, 2.45) is 11.8 Å². The third-order valence-electron chi connectivity index (χ3n) is 6.24. The number of anilines is 1. The van der Waals surface area contributed by atoms with E-state index in [4.69, 9.17) is 23.2 Å². The molecule has 1 aliphatic heterocycles. The van der Waals surface area contributed by atoms with Gasteiger partial charge in [0, 0.05) is 47.6 Å². The van der Waals surface area contributed by atoms with Crippen molar-refractivity contribution in [3.05, 3.63) is 66.3 Å². The molecule has 0 bridgehead atoms. The lowest BCUT2D eigenvalue weighted by Crippen LogP contribution is -2.34. The van der Waals surface area contributed by atoms with Gasteiger partial charge in [-0.15, -0.1) is 0 Å². The number of halogens is 3. The molecule has 3 N–H and O–H groups in total. The van der Waals surface area contributed by atoms with Crippen molar-refractivity contribution < 1.29 is 14.7 Å². The lowest BCUT2D eigenvalue weighted by atomic mass is 10.1. The lowest BCUT2D eigenvalue weighted by molar-refractivity contribution is 0.0700. The molecule has 2 fully saturated rings. The molecule has 1 aliphatic carbocycles. The second kappa shape index (κ2) is 8.61. The maximum Gasteiger partial charge on any atom is 0.347 e. The topological polar surface area (TPSA) is 98.3 Å². The van der Waals surface area contributed by atoms with E-state index in [-0.39, 0.29) is 27.5 Å². The van der Waals surface area contributed by atoms with Gasteiger partial charge < -0.3 is 20.3 Å². The molecular formula is C22H19BrCl2N4O3S. The van der Waals surface area contributed by atoms with Gasteiger partial charge in [-0.2, -0.15) is 0 Å². The molecular weight excluding hydrogens is 551 g/mol. The number of hydrogen-bond acceptors (Lipinski definition) is 5. The Hall–Kier alpha value is -2.07. The van der Waals surface area contributed by atoms with Crippen LogP contribution in [0.1, 0.15) is 37.1 Å². The Morgan fingerprint density at radius 1 is 1.27 bits per heavy atom. The van der Waals surface area contributed by atoms with E-state index >= 15 is 0 Å². The van der Waals surface area contributed by atoms with Crippen molar-refractivity contribution in [2.75, 3.05) is 18.0 Å². The summed E-state index contributed by atoms with van der Waals surface area (Å²) in [6, 6.07) is 7.79. The third-order valence-corrected chi connectivity index (χ3v) is 9.11. The number of nitrogens with zero attached hydrogens (tertiary/aromatic N) is 2. The highest BCUT2D eigenvalue weighted by atomic mass is 79.9. The molecule has 1 saturated heterocycles. The number of carboxylic acid groups (broad SMARTS) is 1. The molecule has 1 saturated carbocycles. The number of fused-ring (bicyclic) bond motifs is 1. The number of carbonyl (C=O) groups excluding carboxylic acids is 1. The summed E-state index contributed by atoms with van der Waals surface area (Å²) in [7, 11) is 0. The zero-order valence-electron chi connectivity index (χ0n) is 17.4. The van der Waals surface area contributed by atoms with E-state index in [1.54, 1.807) is 6.92 Å². The van der Waals surface area contributed by atoms with E-state index < -0.39 is 5.97 Å². The van der Waals surface area contributed by atoms with Crippen LogP contribution in [-0.2, 0) is 6.42 Å². The summed E-state index contributed by atoms with van der Waals surface area (Å²) in [5, 5.41) is 14.0. The zero-order chi connectivity index (χ0) is 23.4. The molecule has 1 aromatic carbocycles. The van der Waals surface area contributed by atoms with E-state index in [9.17, 15) is 14.7 Å². The summed E-state index contributed by atoms with van der Waals surface area (Å²) in [6.07, 6.45) is 0.442. The first kappa shape index (κ1) is 22.7. The molecule has 0 spiro atoms. The van der Waals surface area contributed by atoms with Crippen molar-refractivity contribution in [3.8, 4) is 0 Å². The summed E-state index contributed by atoms with van der Waals surface area (Å²) in [5.41, 5.74) is 2.49. The van der Waals surface area contributed by atoms with Crippen molar-refractivity contribution in [3.63, 3.8) is 0 Å². The highest BCUT2D eigenvalue weighted by Crippen LogP contribution is 2.48. The number of H-pyrrole nitrogens is 1. The SMILES string of the molecule is Cc1[nH]c(C(=O)NC2[C@H]3CN(c4nc(Cc5ccccc5Br)c(C(=O)O)s4)C[C@@H]23)c(Cl)c1Cl. The molecule has 2 aromatic heterocycles. The number of piperidine rings is 1. The average molecular weight is 570 g/mol. The van der Waals surface area contributed by atoms with E-state index in [1.165, 1.54) is 11.3 Å². The van der Waals surface area contributed by atoms with Gasteiger partial charge in [-0.25, -0.2) is 9.78 Å². The van der Waals surface area contributed by atoms with Gasteiger partial charge in [0.1, 0.15) is 10.6 Å². The standard InChI is InChI=1S/C22H19BrCl2N4O3S/c1-9-15(24)16(25)18(26-9)20(30)28-17-11-7-29(8-12(11)17)22-27-14(19(33-22)21(31)32)6-10-4-2-3-5-13(10)23/h2-5,11-12,17,26H,6-8H2,1H3,(H,28,30)(H,31,32)/t11-,12+,17?. The van der Waals surface area contributed by atoms with Gasteiger partial charge in [-0.05, 0) is 18.6 Å². The minimum absolute atomic E-state index is 0.0610. The summed E-state index contributed by atoms with van der Waals surface area (Å²) >= 11 is 17.0. The fraction of sp³-hybridized carbons (Fsp3) is 0.318. The molecule has 172 valence electrons. The molecule has 0 radical (unpaired) electrons. The van der Waals surface area contributed by atoms with E-state index in [0.29, 0.717) is 39.8 Å². The van der Waals surface area contributed by atoms with Crippen LogP contribution in [0, 0.1) is 18.8 Å². The molecule has 1 amide bonds. The number of amides is 1. The Kier molecular flexibility index (Phi) is 5.93. The number of aromatic amines is 1. The van der Waals surface area contributed by atoms with Crippen molar-refractivity contribution in [2.45, 2.75) is 19.4 Å². The van der Waals surface area contributed by atoms with Crippen LogP contribution in [0.25, 0.3) is 0 Å². The van der Waals surface area contributed by atoms with Crippen LogP contribution in [0.4, 0.5) is 5.13 Å². The van der Waals surface area contributed by atoms with Gasteiger partial charge in [0.15, 0.2) is 5.13 Å². The molecule has 33 heavy (non-hydrogen) atoms. The van der Waals surface area contributed by atoms with Crippen molar-refractivity contribution in [1.82, 2.24) is 15.3 Å². The summed E-state index contributed by atoms with van der Waals surface area (Å²) in [4.78, 5) is 34.4. The number of aryl methyl sites for hydroxylation is 1. The molecule has 7 nitrogen and oxygen atoms in total. The molecule has 11 heteroatoms. The van der Waals surface area contributed by atoms with Gasteiger partial charge in [-0.3, -0.25) is 4.79 Å². The number of hydrogen-bond donors (Lipinski definition) is 3. The number of rotatable bonds is 6. The number of benzene rings is 1. The van der Waals surface area contributed by atoms with Gasteiger partial charge in [0.25, 0.3) is 5.91 Å². The van der Waals surface area contributed by atoms with Gasteiger partial charge in [0.05, 0.1) is 15.7 Å². The second-order valence-corrected chi connectivity index (χ2v) is 10.9. The van der Waals surface area contributed by atoms with E-state index in [0.717, 1.165) is 23.1 Å². The van der Waals surface area contributed by atoms with Gasteiger partial charge in [0.2, 0.25) is 0 Å². The predicted octanol–water partition coefficient (Wildman–Crippen LogP) is 5.00. The fourth-order valence-electron chi connectivity index (χ4n) is 4.43. The number of carboxylic acids is 1. The first-order valence-corrected chi connectivity index (χ1v) is 12.7. The Balaban J connectivity index is 1.26. The number of thiazole rings is 1. The number of aromatic carboxylic acids is 1. The van der Waals surface area contributed by atoms with Crippen LogP contribution in [0.3, 0.4) is 0 Å². The highest BCUT2D eigenvalue weighted by molar-refractivity contribution is 9.10. The van der Waals surface area contributed by atoms with E-state index in [2.05, 4.69) is 36.1 Å². The Labute approximate surface area is 212 Å². The maximum atomic E-state index is 12.6. The summed E-state index contributed by atoms with van der Waals surface area (Å²) < 4.78 is 0.926. The number of carbonyl (C=O) groups is 2. The minimum Gasteiger partial charge on any atom is -0.477 e. The normalized spacial score (nSPS) is 21.2. The summed E-state index contributed by atoms with van der Waals surface area (Å²) in [5.74, 6) is -0.641.